The molecule has 55 heavy (non-hydrogen) atoms. The number of alkyl carbamates (subject to hydrolysis) is 1. The predicted molar refractivity (Wildman–Crippen MR) is 205 cm³/mol. The SMILES string of the molecule is CCC(CC)COC(=O)[C@H](CC(C)C)N[P@](=O)(OC[C@@]1(COC(=O)[C@@H](NC(=O)OC(C)(C)C)C(C)C)C/C1=C/n1cc(F)c(N)nc1=O)Oc1ccccc1. The number of esters is 2. The second-order valence-corrected chi connectivity index (χ2v) is 17.2. The van der Waals surface area contributed by atoms with Crippen molar-refractivity contribution in [2.24, 2.45) is 23.2 Å². The third-order valence-electron chi connectivity index (χ3n) is 8.80. The number of para-hydroxylation sites is 1. The summed E-state index contributed by atoms with van der Waals surface area (Å²) in [6, 6.07) is 6.04. The van der Waals surface area contributed by atoms with Gasteiger partial charge in [-0.25, -0.2) is 23.3 Å². The molecule has 1 aromatic heterocycles. The van der Waals surface area contributed by atoms with Gasteiger partial charge in [-0.1, -0.05) is 72.6 Å². The Kier molecular flexibility index (Phi) is 16.0. The molecule has 0 saturated heterocycles. The Morgan fingerprint density at radius 2 is 1.71 bits per heavy atom. The van der Waals surface area contributed by atoms with E-state index in [4.69, 9.17) is 29.0 Å². The second kappa shape index (κ2) is 19.5. The summed E-state index contributed by atoms with van der Waals surface area (Å²) in [6.07, 6.45) is 3.36. The van der Waals surface area contributed by atoms with Crippen molar-refractivity contribution < 1.29 is 46.6 Å². The number of carbonyl (C=O) groups excluding carboxylic acids is 3. The monoisotopic (exact) mass is 793 g/mol. The average Bonchev–Trinajstić information content (AvgIpc) is 3.79. The Labute approximate surface area is 322 Å². The number of anilines is 1. The molecule has 4 N–H and O–H groups in total. The summed E-state index contributed by atoms with van der Waals surface area (Å²) in [7, 11) is -4.43. The first-order chi connectivity index (χ1) is 25.7. The van der Waals surface area contributed by atoms with Crippen LogP contribution in [0.25, 0.3) is 6.20 Å². The Hall–Kier alpha value is -4.27. The first-order valence-electron chi connectivity index (χ1n) is 18.5. The molecular weight excluding hydrogens is 736 g/mol. The van der Waals surface area contributed by atoms with E-state index in [0.717, 1.165) is 23.6 Å². The minimum Gasteiger partial charge on any atom is -0.464 e. The van der Waals surface area contributed by atoms with Crippen LogP contribution in [0.3, 0.4) is 0 Å². The van der Waals surface area contributed by atoms with E-state index in [2.05, 4.69) is 15.4 Å². The molecule has 1 aliphatic rings. The highest BCUT2D eigenvalue weighted by molar-refractivity contribution is 7.52. The second-order valence-electron chi connectivity index (χ2n) is 15.6. The van der Waals surface area contributed by atoms with Gasteiger partial charge in [-0.3, -0.25) is 13.9 Å². The molecule has 1 amide bonds. The molecule has 306 valence electrons. The molecule has 1 saturated carbocycles. The third kappa shape index (κ3) is 14.1. The van der Waals surface area contributed by atoms with Crippen molar-refractivity contribution in [1.82, 2.24) is 20.0 Å². The Morgan fingerprint density at radius 1 is 1.05 bits per heavy atom. The van der Waals surface area contributed by atoms with Crippen LogP contribution in [0.5, 0.6) is 5.75 Å². The lowest BCUT2D eigenvalue weighted by Gasteiger charge is -2.28. The van der Waals surface area contributed by atoms with Gasteiger partial charge in [-0.2, -0.15) is 10.1 Å². The number of amides is 1. The largest absolute Gasteiger partial charge is 0.464 e. The number of nitrogens with zero attached hydrogens (tertiary/aromatic N) is 2. The van der Waals surface area contributed by atoms with Crippen molar-refractivity contribution in [3.05, 3.63) is 58.4 Å². The van der Waals surface area contributed by atoms with Gasteiger partial charge < -0.3 is 29.8 Å². The van der Waals surface area contributed by atoms with Gasteiger partial charge in [0.05, 0.1) is 24.8 Å². The van der Waals surface area contributed by atoms with Crippen LogP contribution in [0, 0.1) is 29.0 Å². The highest BCUT2D eigenvalue weighted by Gasteiger charge is 2.53. The van der Waals surface area contributed by atoms with E-state index in [1.54, 1.807) is 65.0 Å². The van der Waals surface area contributed by atoms with E-state index in [1.165, 1.54) is 6.20 Å². The maximum atomic E-state index is 14.7. The molecule has 15 nitrogen and oxygen atoms in total. The zero-order valence-electron chi connectivity index (χ0n) is 33.3. The number of nitrogens with two attached hydrogens (primary N) is 1. The van der Waals surface area contributed by atoms with Crippen LogP contribution in [0.15, 0.2) is 46.9 Å². The number of rotatable bonds is 20. The van der Waals surface area contributed by atoms with Crippen LogP contribution in [0.2, 0.25) is 0 Å². The summed E-state index contributed by atoms with van der Waals surface area (Å²) < 4.78 is 58.7. The molecule has 0 unspecified atom stereocenters. The first-order valence-corrected chi connectivity index (χ1v) is 20.1. The molecule has 1 fully saturated rings. The standard InChI is InChI=1S/C38H57FN5O10P/c1-10-26(11-2)21-50-33(45)30(17-24(3)4)43-55(49,54-28-15-13-12-14-16-28)52-23-38(18-27(38)19-44-20-29(39)32(40)42-35(44)47)22-51-34(46)31(25(5)6)41-36(48)53-37(7,8)9/h12-16,19-20,24-26,30-31H,10-11,17-18,21-23H2,1-9H3,(H,41,48)(H,43,49)(H2,40,42,47)/b27-19-/t30-,31-,38-,55-/m0/s1. The molecule has 4 atom stereocenters. The van der Waals surface area contributed by atoms with E-state index >= 15 is 0 Å². The molecule has 17 heteroatoms. The minimum atomic E-state index is -4.43. The number of benzene rings is 1. The highest BCUT2D eigenvalue weighted by atomic mass is 31.2. The van der Waals surface area contributed by atoms with Gasteiger partial charge in [0.2, 0.25) is 0 Å². The van der Waals surface area contributed by atoms with Gasteiger partial charge in [0.1, 0.15) is 30.0 Å². The van der Waals surface area contributed by atoms with Crippen LogP contribution >= 0.6 is 7.75 Å². The van der Waals surface area contributed by atoms with Gasteiger partial charge in [-0.15, -0.1) is 0 Å². The molecule has 1 aromatic carbocycles. The maximum Gasteiger partial charge on any atom is 0.459 e. The van der Waals surface area contributed by atoms with Gasteiger partial charge in [-0.05, 0) is 69.1 Å². The highest BCUT2D eigenvalue weighted by Crippen LogP contribution is 2.56. The van der Waals surface area contributed by atoms with Crippen molar-refractivity contribution in [3.63, 3.8) is 0 Å². The fourth-order valence-corrected chi connectivity index (χ4v) is 6.98. The summed E-state index contributed by atoms with van der Waals surface area (Å²) >= 11 is 0. The average molecular weight is 794 g/mol. The molecule has 3 rings (SSSR count). The van der Waals surface area contributed by atoms with E-state index < -0.39 is 78.7 Å². The Bertz CT molecular complexity index is 1760. The lowest BCUT2D eigenvalue weighted by atomic mass is 10.0. The van der Waals surface area contributed by atoms with Crippen LogP contribution in [-0.4, -0.2) is 65.1 Å². The number of nitrogens with one attached hydrogen (secondary N) is 2. The number of nitrogen functional groups attached to an aromatic ring is 1. The number of ether oxygens (including phenoxy) is 3. The molecular formula is C38H57FN5O10P. The Balaban J connectivity index is 1.97. The summed E-state index contributed by atoms with van der Waals surface area (Å²) in [5.41, 5.74) is 3.02. The number of halogens is 1. The number of hydrogen-bond acceptors (Lipinski definition) is 12. The van der Waals surface area contributed by atoms with Crippen molar-refractivity contribution in [2.75, 3.05) is 25.6 Å². The van der Waals surface area contributed by atoms with E-state index in [9.17, 15) is 28.1 Å². The van der Waals surface area contributed by atoms with Crippen LogP contribution in [0.1, 0.15) is 88.0 Å². The number of aromatic nitrogens is 2. The molecule has 0 radical (unpaired) electrons. The maximum absolute atomic E-state index is 14.7. The zero-order valence-corrected chi connectivity index (χ0v) is 34.2. The van der Waals surface area contributed by atoms with Crippen molar-refractivity contribution in [2.45, 2.75) is 106 Å². The van der Waals surface area contributed by atoms with Crippen molar-refractivity contribution in [3.8, 4) is 5.75 Å². The van der Waals surface area contributed by atoms with Crippen LogP contribution in [0.4, 0.5) is 15.0 Å². The predicted octanol–water partition coefficient (Wildman–Crippen LogP) is 6.48. The van der Waals surface area contributed by atoms with Gasteiger partial charge in [0.25, 0.3) is 0 Å². The molecule has 2 aromatic rings. The number of hydrogen-bond donors (Lipinski definition) is 3. The summed E-state index contributed by atoms with van der Waals surface area (Å²) in [4.78, 5) is 55.6. The van der Waals surface area contributed by atoms with Crippen molar-refractivity contribution >= 4 is 37.8 Å². The van der Waals surface area contributed by atoms with Crippen molar-refractivity contribution in [1.29, 1.82) is 0 Å². The van der Waals surface area contributed by atoms with E-state index in [0.29, 0.717) is 5.57 Å². The third-order valence-corrected chi connectivity index (χ3v) is 10.3. The quantitative estimate of drug-likeness (QED) is 0.0749. The molecule has 1 aliphatic carbocycles. The fourth-order valence-electron chi connectivity index (χ4n) is 5.39. The zero-order chi connectivity index (χ0) is 41.1. The minimum absolute atomic E-state index is 0.0255. The van der Waals surface area contributed by atoms with Crippen LogP contribution in [-0.2, 0) is 32.9 Å². The van der Waals surface area contributed by atoms with Gasteiger partial charge in [0, 0.05) is 6.20 Å². The summed E-state index contributed by atoms with van der Waals surface area (Å²) in [5, 5.41) is 5.36. The van der Waals surface area contributed by atoms with Gasteiger partial charge >= 0.3 is 31.5 Å². The normalized spacial score (nSPS) is 18.5. The molecule has 1 heterocycles. The molecule has 0 aliphatic heterocycles. The summed E-state index contributed by atoms with van der Waals surface area (Å²) in [5.74, 6) is -3.01. The van der Waals surface area contributed by atoms with Gasteiger partial charge in [0.15, 0.2) is 11.6 Å². The number of carbonyl (C=O) groups is 3. The van der Waals surface area contributed by atoms with Crippen LogP contribution < -0.4 is 26.4 Å². The summed E-state index contributed by atoms with van der Waals surface area (Å²) in [6.45, 7) is 15.7. The van der Waals surface area contributed by atoms with E-state index in [-0.39, 0.29) is 43.6 Å². The smallest absolute Gasteiger partial charge is 0.459 e. The Morgan fingerprint density at radius 3 is 2.29 bits per heavy atom. The topological polar surface area (TPSA) is 199 Å². The lowest BCUT2D eigenvalue weighted by Crippen LogP contribution is -2.47. The van der Waals surface area contributed by atoms with E-state index in [1.807, 2.05) is 27.7 Å². The first kappa shape index (κ1) is 45.1. The molecule has 0 bridgehead atoms. The fraction of sp³-hybridized carbons (Fsp3) is 0.605. The lowest BCUT2D eigenvalue weighted by molar-refractivity contribution is -0.150. The molecule has 0 spiro atoms.